The smallest absolute Gasteiger partial charge is 0.320 e. The summed E-state index contributed by atoms with van der Waals surface area (Å²) in [5.74, 6) is -0.299. The van der Waals surface area contributed by atoms with Crippen LogP contribution in [0, 0.1) is 5.92 Å². The molecule has 6 nitrogen and oxygen atoms in total. The Morgan fingerprint density at radius 1 is 1.47 bits per heavy atom. The molecule has 6 heteroatoms. The number of carbonyl (C=O) groups is 1. The van der Waals surface area contributed by atoms with E-state index in [9.17, 15) is 4.79 Å². The largest absolute Gasteiger partial charge is 0.480 e. The third-order valence-electron chi connectivity index (χ3n) is 2.28. The van der Waals surface area contributed by atoms with E-state index >= 15 is 0 Å². The van der Waals surface area contributed by atoms with Gasteiger partial charge in [0, 0.05) is 24.5 Å². The molecule has 0 unspecified atom stereocenters. The Bertz CT molecular complexity index is 364. The van der Waals surface area contributed by atoms with E-state index in [0.29, 0.717) is 18.9 Å². The zero-order chi connectivity index (χ0) is 12.8. The van der Waals surface area contributed by atoms with Gasteiger partial charge in [-0.05, 0) is 12.3 Å². The average molecular weight is 238 g/mol. The lowest BCUT2D eigenvalue weighted by Gasteiger charge is -2.16. The molecular weight excluding hydrogens is 220 g/mol. The van der Waals surface area contributed by atoms with Gasteiger partial charge in [-0.2, -0.15) is 0 Å². The summed E-state index contributed by atoms with van der Waals surface area (Å²) in [5.41, 5.74) is 6.17. The zero-order valence-electron chi connectivity index (χ0n) is 10.1. The molecule has 0 saturated heterocycles. The van der Waals surface area contributed by atoms with Crippen LogP contribution in [0.4, 0.5) is 5.95 Å². The minimum atomic E-state index is -0.838. The van der Waals surface area contributed by atoms with Gasteiger partial charge in [0.15, 0.2) is 0 Å². The average Bonchev–Trinajstić information content (AvgIpc) is 2.25. The second-order valence-electron chi connectivity index (χ2n) is 4.35. The minimum Gasteiger partial charge on any atom is -0.480 e. The standard InChI is InChI=1S/C11H18N4O2/c1-7(2)3-9(10(16)17)13-4-8-5-14-11(12)15-6-8/h5-7,9,13H,3-4H2,1-2H3,(H,16,17)(H2,12,14,15)/t9-/m0/s1. The van der Waals surface area contributed by atoms with E-state index in [-0.39, 0.29) is 5.95 Å². The van der Waals surface area contributed by atoms with Crippen LogP contribution >= 0.6 is 0 Å². The highest BCUT2D eigenvalue weighted by molar-refractivity contribution is 5.73. The predicted octanol–water partition coefficient (Wildman–Crippen LogP) is 0.648. The molecule has 1 aromatic heterocycles. The van der Waals surface area contributed by atoms with Crippen LogP contribution in [-0.2, 0) is 11.3 Å². The summed E-state index contributed by atoms with van der Waals surface area (Å²) in [7, 11) is 0. The molecular formula is C11H18N4O2. The van der Waals surface area contributed by atoms with Crippen molar-refractivity contribution in [1.82, 2.24) is 15.3 Å². The van der Waals surface area contributed by atoms with Gasteiger partial charge >= 0.3 is 5.97 Å². The quantitative estimate of drug-likeness (QED) is 0.672. The second kappa shape index (κ2) is 6.15. The Hall–Kier alpha value is -1.69. The molecule has 17 heavy (non-hydrogen) atoms. The van der Waals surface area contributed by atoms with E-state index in [1.165, 1.54) is 0 Å². The van der Waals surface area contributed by atoms with Gasteiger partial charge in [0.1, 0.15) is 6.04 Å². The number of carboxylic acid groups (broad SMARTS) is 1. The lowest BCUT2D eigenvalue weighted by Crippen LogP contribution is -2.37. The maximum atomic E-state index is 11.0. The lowest BCUT2D eigenvalue weighted by molar-refractivity contribution is -0.140. The first-order valence-corrected chi connectivity index (χ1v) is 5.51. The van der Waals surface area contributed by atoms with E-state index in [0.717, 1.165) is 5.56 Å². The molecule has 1 aromatic rings. The van der Waals surface area contributed by atoms with Crippen LogP contribution < -0.4 is 11.1 Å². The summed E-state index contributed by atoms with van der Waals surface area (Å²) < 4.78 is 0. The van der Waals surface area contributed by atoms with E-state index in [1.54, 1.807) is 12.4 Å². The minimum absolute atomic E-state index is 0.214. The Kier molecular flexibility index (Phi) is 4.84. The van der Waals surface area contributed by atoms with Gasteiger partial charge in [-0.15, -0.1) is 0 Å². The fourth-order valence-electron chi connectivity index (χ4n) is 1.44. The van der Waals surface area contributed by atoms with Crippen molar-refractivity contribution in [2.24, 2.45) is 5.92 Å². The number of nitrogens with zero attached hydrogens (tertiary/aromatic N) is 2. The first kappa shape index (κ1) is 13.4. The third-order valence-corrected chi connectivity index (χ3v) is 2.28. The molecule has 0 aromatic carbocycles. The fourth-order valence-corrected chi connectivity index (χ4v) is 1.44. The maximum Gasteiger partial charge on any atom is 0.320 e. The fraction of sp³-hybridized carbons (Fsp3) is 0.545. The van der Waals surface area contributed by atoms with Gasteiger partial charge in [0.25, 0.3) is 0 Å². The molecule has 0 saturated carbocycles. The monoisotopic (exact) mass is 238 g/mol. The van der Waals surface area contributed by atoms with Crippen LogP contribution in [0.25, 0.3) is 0 Å². The molecule has 4 N–H and O–H groups in total. The van der Waals surface area contributed by atoms with E-state index in [1.807, 2.05) is 13.8 Å². The summed E-state index contributed by atoms with van der Waals surface area (Å²) in [4.78, 5) is 18.7. The predicted molar refractivity (Wildman–Crippen MR) is 64.2 cm³/mol. The van der Waals surface area contributed by atoms with Crippen molar-refractivity contribution in [3.05, 3.63) is 18.0 Å². The Morgan fingerprint density at radius 2 is 2.06 bits per heavy atom. The summed E-state index contributed by atoms with van der Waals surface area (Å²) in [6.07, 6.45) is 3.76. The number of nitrogens with two attached hydrogens (primary N) is 1. The van der Waals surface area contributed by atoms with Crippen LogP contribution in [0.1, 0.15) is 25.8 Å². The number of nitrogens with one attached hydrogen (secondary N) is 1. The maximum absolute atomic E-state index is 11.0. The van der Waals surface area contributed by atoms with Gasteiger partial charge in [-0.25, -0.2) is 9.97 Å². The number of rotatable bonds is 6. The van der Waals surface area contributed by atoms with Crippen molar-refractivity contribution in [1.29, 1.82) is 0 Å². The van der Waals surface area contributed by atoms with Crippen molar-refractivity contribution >= 4 is 11.9 Å². The van der Waals surface area contributed by atoms with Gasteiger partial charge in [-0.1, -0.05) is 13.8 Å². The number of carboxylic acids is 1. The highest BCUT2D eigenvalue weighted by atomic mass is 16.4. The number of hydrogen-bond donors (Lipinski definition) is 3. The Morgan fingerprint density at radius 3 is 2.53 bits per heavy atom. The summed E-state index contributed by atoms with van der Waals surface area (Å²) in [6.45, 7) is 4.40. The molecule has 94 valence electrons. The molecule has 0 radical (unpaired) electrons. The van der Waals surface area contributed by atoms with Crippen LogP contribution in [0.3, 0.4) is 0 Å². The van der Waals surface area contributed by atoms with E-state index in [2.05, 4.69) is 15.3 Å². The summed E-state index contributed by atoms with van der Waals surface area (Å²) in [6, 6.07) is -0.549. The number of aromatic nitrogens is 2. The van der Waals surface area contributed by atoms with Gasteiger partial charge in [0.2, 0.25) is 5.95 Å². The first-order chi connectivity index (χ1) is 7.99. The summed E-state index contributed by atoms with van der Waals surface area (Å²) in [5, 5.41) is 12.0. The molecule has 0 amide bonds. The molecule has 0 spiro atoms. The molecule has 1 atom stereocenters. The van der Waals surface area contributed by atoms with Gasteiger partial charge in [-0.3, -0.25) is 4.79 Å². The normalized spacial score (nSPS) is 12.6. The SMILES string of the molecule is CC(C)C[C@H](NCc1cnc(N)nc1)C(=O)O. The van der Waals surface area contributed by atoms with Crippen molar-refractivity contribution in [2.45, 2.75) is 32.9 Å². The molecule has 0 fully saturated rings. The molecule has 1 heterocycles. The third kappa shape index (κ3) is 4.78. The van der Waals surface area contributed by atoms with E-state index in [4.69, 9.17) is 10.8 Å². The van der Waals surface area contributed by atoms with E-state index < -0.39 is 12.0 Å². The van der Waals surface area contributed by atoms with Crippen molar-refractivity contribution in [3.8, 4) is 0 Å². The topological polar surface area (TPSA) is 101 Å². The molecule has 0 aliphatic heterocycles. The second-order valence-corrected chi connectivity index (χ2v) is 4.35. The lowest BCUT2D eigenvalue weighted by atomic mass is 10.0. The number of anilines is 1. The van der Waals surface area contributed by atoms with Crippen LogP contribution in [0.2, 0.25) is 0 Å². The Labute approximate surface area is 100 Å². The number of aliphatic carboxylic acids is 1. The molecule has 1 rings (SSSR count). The van der Waals surface area contributed by atoms with Crippen molar-refractivity contribution in [2.75, 3.05) is 5.73 Å². The number of hydrogen-bond acceptors (Lipinski definition) is 5. The van der Waals surface area contributed by atoms with Crippen LogP contribution in [-0.4, -0.2) is 27.1 Å². The number of nitrogen functional groups attached to an aromatic ring is 1. The van der Waals surface area contributed by atoms with Crippen LogP contribution in [0.15, 0.2) is 12.4 Å². The van der Waals surface area contributed by atoms with Crippen LogP contribution in [0.5, 0.6) is 0 Å². The highest BCUT2D eigenvalue weighted by Crippen LogP contribution is 2.06. The highest BCUT2D eigenvalue weighted by Gasteiger charge is 2.17. The molecule has 0 aliphatic carbocycles. The van der Waals surface area contributed by atoms with Crippen molar-refractivity contribution < 1.29 is 9.90 Å². The Balaban J connectivity index is 2.51. The first-order valence-electron chi connectivity index (χ1n) is 5.51. The summed E-state index contributed by atoms with van der Waals surface area (Å²) >= 11 is 0. The molecule has 0 aliphatic rings. The zero-order valence-corrected chi connectivity index (χ0v) is 10.1. The molecule has 0 bridgehead atoms. The van der Waals surface area contributed by atoms with Crippen molar-refractivity contribution in [3.63, 3.8) is 0 Å². The van der Waals surface area contributed by atoms with Gasteiger partial charge < -0.3 is 16.2 Å². The van der Waals surface area contributed by atoms with Gasteiger partial charge in [0.05, 0.1) is 0 Å².